The molecule has 0 heterocycles. The van der Waals surface area contributed by atoms with Crippen molar-refractivity contribution in [2.45, 2.75) is 13.8 Å². The molecule has 0 aliphatic carbocycles. The molecule has 2 aromatic carbocycles. The smallest absolute Gasteiger partial charge is 0.252 e. The average molecular weight is 293 g/mol. The quantitative estimate of drug-likeness (QED) is 0.880. The van der Waals surface area contributed by atoms with E-state index in [9.17, 15) is 4.79 Å². The third kappa shape index (κ3) is 4.68. The van der Waals surface area contributed by atoms with Gasteiger partial charge >= 0.3 is 0 Å². The number of rotatable bonds is 4. The number of carbonyl (C=O) groups excluding carboxylic acids is 1. The van der Waals surface area contributed by atoms with Gasteiger partial charge in [-0.1, -0.05) is 47.7 Å². The number of benzene rings is 2. The van der Waals surface area contributed by atoms with Gasteiger partial charge in [-0.05, 0) is 37.6 Å². The number of nitrogens with one attached hydrogen (secondary N) is 1. The Bertz CT molecular complexity index is 711. The first kappa shape index (κ1) is 15.7. The molecule has 0 bridgehead atoms. The van der Waals surface area contributed by atoms with Gasteiger partial charge in [-0.25, -0.2) is 0 Å². The van der Waals surface area contributed by atoms with Crippen LogP contribution < -0.4 is 10.1 Å². The van der Waals surface area contributed by atoms with Gasteiger partial charge in [-0.15, -0.1) is 0 Å². The molecule has 1 N–H and O–H groups in total. The van der Waals surface area contributed by atoms with E-state index >= 15 is 0 Å². The molecule has 22 heavy (non-hydrogen) atoms. The molecule has 1 amide bonds. The maximum Gasteiger partial charge on any atom is 0.252 e. The topological polar surface area (TPSA) is 38.3 Å². The molecule has 0 saturated heterocycles. The third-order valence-corrected chi connectivity index (χ3v) is 3.14. The molecule has 112 valence electrons. The SMILES string of the molecule is Cc1cccc(C(=O)NCC#CCOc2ccccc2C)c1. The third-order valence-electron chi connectivity index (χ3n) is 3.14. The van der Waals surface area contributed by atoms with E-state index < -0.39 is 0 Å². The van der Waals surface area contributed by atoms with Gasteiger partial charge in [0.2, 0.25) is 0 Å². The molecule has 0 fully saturated rings. The summed E-state index contributed by atoms with van der Waals surface area (Å²) in [5, 5.41) is 2.77. The van der Waals surface area contributed by atoms with E-state index in [1.165, 1.54) is 0 Å². The number of amides is 1. The van der Waals surface area contributed by atoms with Crippen molar-refractivity contribution in [3.05, 3.63) is 65.2 Å². The summed E-state index contributed by atoms with van der Waals surface area (Å²) in [7, 11) is 0. The zero-order valence-electron chi connectivity index (χ0n) is 12.8. The zero-order valence-corrected chi connectivity index (χ0v) is 12.8. The standard InChI is InChI=1S/C19H19NO2/c1-15-8-7-10-17(14-15)19(21)20-12-5-6-13-22-18-11-4-3-9-16(18)2/h3-4,7-11,14H,12-13H2,1-2H3,(H,20,21). The summed E-state index contributed by atoms with van der Waals surface area (Å²) in [5.74, 6) is 6.50. The van der Waals surface area contributed by atoms with Crippen LogP contribution in [0.1, 0.15) is 21.5 Å². The van der Waals surface area contributed by atoms with Crippen LogP contribution in [-0.4, -0.2) is 19.1 Å². The van der Waals surface area contributed by atoms with E-state index in [4.69, 9.17) is 4.74 Å². The van der Waals surface area contributed by atoms with E-state index in [2.05, 4.69) is 17.2 Å². The molecule has 0 unspecified atom stereocenters. The van der Waals surface area contributed by atoms with Gasteiger partial charge < -0.3 is 10.1 Å². The highest BCUT2D eigenvalue weighted by Crippen LogP contribution is 2.15. The normalized spacial score (nSPS) is 9.55. The fourth-order valence-electron chi connectivity index (χ4n) is 1.96. The maximum absolute atomic E-state index is 11.9. The van der Waals surface area contributed by atoms with Crippen molar-refractivity contribution >= 4 is 5.91 Å². The highest BCUT2D eigenvalue weighted by molar-refractivity contribution is 5.94. The molecule has 0 atom stereocenters. The van der Waals surface area contributed by atoms with Crippen molar-refractivity contribution in [1.82, 2.24) is 5.32 Å². The number of aryl methyl sites for hydroxylation is 2. The zero-order chi connectivity index (χ0) is 15.8. The number of hydrogen-bond acceptors (Lipinski definition) is 2. The average Bonchev–Trinajstić information content (AvgIpc) is 2.52. The second kappa shape index (κ2) is 7.90. The van der Waals surface area contributed by atoms with Gasteiger partial charge in [0.1, 0.15) is 12.4 Å². The van der Waals surface area contributed by atoms with Gasteiger partial charge in [-0.3, -0.25) is 4.79 Å². The van der Waals surface area contributed by atoms with Crippen LogP contribution >= 0.6 is 0 Å². The van der Waals surface area contributed by atoms with Gasteiger partial charge in [-0.2, -0.15) is 0 Å². The van der Waals surface area contributed by atoms with Gasteiger partial charge in [0.15, 0.2) is 0 Å². The lowest BCUT2D eigenvalue weighted by atomic mass is 10.1. The number of para-hydroxylation sites is 1. The number of hydrogen-bond donors (Lipinski definition) is 1. The summed E-state index contributed by atoms with van der Waals surface area (Å²) in [6.45, 7) is 4.57. The summed E-state index contributed by atoms with van der Waals surface area (Å²) in [6, 6.07) is 15.3. The van der Waals surface area contributed by atoms with Crippen LogP contribution in [0.25, 0.3) is 0 Å². The second-order valence-corrected chi connectivity index (χ2v) is 4.96. The lowest BCUT2D eigenvalue weighted by Crippen LogP contribution is -2.23. The maximum atomic E-state index is 11.9. The van der Waals surface area contributed by atoms with Gasteiger partial charge in [0, 0.05) is 5.56 Å². The van der Waals surface area contributed by atoms with E-state index in [1.54, 1.807) is 6.07 Å². The Morgan fingerprint density at radius 2 is 1.91 bits per heavy atom. The molecular weight excluding hydrogens is 274 g/mol. The van der Waals surface area contributed by atoms with Crippen LogP contribution in [0, 0.1) is 25.7 Å². The highest BCUT2D eigenvalue weighted by atomic mass is 16.5. The minimum Gasteiger partial charge on any atom is -0.481 e. The Labute approximate surface area is 131 Å². The number of carbonyl (C=O) groups is 1. The predicted molar refractivity (Wildman–Crippen MR) is 88.0 cm³/mol. The monoisotopic (exact) mass is 293 g/mol. The molecule has 0 aromatic heterocycles. The van der Waals surface area contributed by atoms with Crippen LogP contribution in [0.3, 0.4) is 0 Å². The van der Waals surface area contributed by atoms with Crippen molar-refractivity contribution in [3.8, 4) is 17.6 Å². The largest absolute Gasteiger partial charge is 0.481 e. The molecule has 2 rings (SSSR count). The van der Waals surface area contributed by atoms with Crippen molar-refractivity contribution in [2.75, 3.05) is 13.2 Å². The molecule has 3 nitrogen and oxygen atoms in total. The Morgan fingerprint density at radius 3 is 2.68 bits per heavy atom. The molecule has 3 heteroatoms. The second-order valence-electron chi connectivity index (χ2n) is 4.96. The van der Waals surface area contributed by atoms with Gasteiger partial charge in [0.05, 0.1) is 6.54 Å². The molecule has 0 saturated carbocycles. The number of ether oxygens (including phenoxy) is 1. The Balaban J connectivity index is 1.75. The lowest BCUT2D eigenvalue weighted by molar-refractivity contribution is 0.0958. The minimum atomic E-state index is -0.113. The Hall–Kier alpha value is -2.73. The molecule has 2 aromatic rings. The fourth-order valence-corrected chi connectivity index (χ4v) is 1.96. The van der Waals surface area contributed by atoms with Crippen molar-refractivity contribution in [1.29, 1.82) is 0 Å². The first-order chi connectivity index (χ1) is 10.7. The van der Waals surface area contributed by atoms with E-state index in [0.717, 1.165) is 16.9 Å². The molecular formula is C19H19NO2. The summed E-state index contributed by atoms with van der Waals surface area (Å²) in [4.78, 5) is 11.9. The summed E-state index contributed by atoms with van der Waals surface area (Å²) in [5.41, 5.74) is 2.79. The first-order valence-corrected chi connectivity index (χ1v) is 7.16. The Morgan fingerprint density at radius 1 is 1.09 bits per heavy atom. The first-order valence-electron chi connectivity index (χ1n) is 7.16. The predicted octanol–water partition coefficient (Wildman–Crippen LogP) is 3.12. The molecule has 0 aliphatic rings. The summed E-state index contributed by atoms with van der Waals surface area (Å²) in [6.07, 6.45) is 0. The van der Waals surface area contributed by atoms with E-state index in [0.29, 0.717) is 18.7 Å². The van der Waals surface area contributed by atoms with Crippen molar-refractivity contribution in [2.24, 2.45) is 0 Å². The fraction of sp³-hybridized carbons (Fsp3) is 0.211. The molecule has 0 spiro atoms. The summed E-state index contributed by atoms with van der Waals surface area (Å²) < 4.78 is 5.56. The summed E-state index contributed by atoms with van der Waals surface area (Å²) >= 11 is 0. The van der Waals surface area contributed by atoms with Gasteiger partial charge in [0.25, 0.3) is 5.91 Å². The van der Waals surface area contributed by atoms with E-state index in [-0.39, 0.29) is 5.91 Å². The van der Waals surface area contributed by atoms with Crippen molar-refractivity contribution < 1.29 is 9.53 Å². The van der Waals surface area contributed by atoms with Crippen LogP contribution in [-0.2, 0) is 0 Å². The van der Waals surface area contributed by atoms with Crippen LogP contribution in [0.5, 0.6) is 5.75 Å². The van der Waals surface area contributed by atoms with Crippen LogP contribution in [0.2, 0.25) is 0 Å². The van der Waals surface area contributed by atoms with Crippen LogP contribution in [0.15, 0.2) is 48.5 Å². The minimum absolute atomic E-state index is 0.113. The molecule has 0 radical (unpaired) electrons. The van der Waals surface area contributed by atoms with Crippen molar-refractivity contribution in [3.63, 3.8) is 0 Å². The van der Waals surface area contributed by atoms with Crippen LogP contribution in [0.4, 0.5) is 0 Å². The lowest BCUT2D eigenvalue weighted by Gasteiger charge is -2.04. The Kier molecular flexibility index (Phi) is 5.62. The van der Waals surface area contributed by atoms with E-state index in [1.807, 2.05) is 56.3 Å². The molecule has 0 aliphatic heterocycles. The highest BCUT2D eigenvalue weighted by Gasteiger charge is 2.02.